The molecule has 9 heteroatoms. The zero-order valence-corrected chi connectivity index (χ0v) is 17.4. The summed E-state index contributed by atoms with van der Waals surface area (Å²) < 4.78 is 3.47. The minimum absolute atomic E-state index is 0.00984. The van der Waals surface area contributed by atoms with Gasteiger partial charge < -0.3 is 10.6 Å². The van der Waals surface area contributed by atoms with E-state index in [0.29, 0.717) is 17.7 Å². The van der Waals surface area contributed by atoms with Crippen molar-refractivity contribution in [2.45, 2.75) is 44.1 Å². The van der Waals surface area contributed by atoms with Crippen LogP contribution in [0.4, 0.5) is 5.95 Å². The lowest BCUT2D eigenvalue weighted by molar-refractivity contribution is -0.121. The van der Waals surface area contributed by atoms with Gasteiger partial charge in [0.15, 0.2) is 11.5 Å². The van der Waals surface area contributed by atoms with Crippen LogP contribution < -0.4 is 10.6 Å². The van der Waals surface area contributed by atoms with Crippen LogP contribution >= 0.6 is 0 Å². The second-order valence-electron chi connectivity index (χ2n) is 8.51. The predicted octanol–water partition coefficient (Wildman–Crippen LogP) is 2.64. The molecule has 3 aromatic heterocycles. The Morgan fingerprint density at radius 3 is 2.87 bits per heavy atom. The van der Waals surface area contributed by atoms with Crippen molar-refractivity contribution in [1.29, 1.82) is 0 Å². The number of fused-ring (bicyclic) bond motifs is 3. The zero-order valence-electron chi connectivity index (χ0n) is 17.4. The first-order valence-corrected chi connectivity index (χ1v) is 10.9. The predicted molar refractivity (Wildman–Crippen MR) is 117 cm³/mol. The Morgan fingerprint density at radius 1 is 1.16 bits per heavy atom. The number of carbonyl (C=O) groups excluding carboxylic acids is 1. The molecule has 1 aliphatic carbocycles. The van der Waals surface area contributed by atoms with E-state index in [-0.39, 0.29) is 11.9 Å². The molecule has 0 spiro atoms. The highest BCUT2D eigenvalue weighted by molar-refractivity contribution is 5.95. The van der Waals surface area contributed by atoms with Crippen molar-refractivity contribution in [2.75, 3.05) is 11.9 Å². The molecule has 31 heavy (non-hydrogen) atoms. The number of amides is 1. The molecule has 0 radical (unpaired) electrons. The SMILES string of the molecule is Cn1cc(-c2nc3c4cccc(C5CC5)c4nc(N[C@@H]4CCCCNC4=O)n3n2)cn1. The van der Waals surface area contributed by atoms with Crippen molar-refractivity contribution >= 4 is 28.4 Å². The van der Waals surface area contributed by atoms with Gasteiger partial charge in [0.25, 0.3) is 0 Å². The summed E-state index contributed by atoms with van der Waals surface area (Å²) in [6, 6.07) is 5.94. The van der Waals surface area contributed by atoms with Crippen LogP contribution in [-0.2, 0) is 11.8 Å². The minimum atomic E-state index is -0.338. The van der Waals surface area contributed by atoms with Gasteiger partial charge >= 0.3 is 0 Å². The number of nitrogens with zero attached hydrogens (tertiary/aromatic N) is 6. The third-order valence-electron chi connectivity index (χ3n) is 6.15. The van der Waals surface area contributed by atoms with Gasteiger partial charge in [-0.2, -0.15) is 9.61 Å². The van der Waals surface area contributed by atoms with Gasteiger partial charge in [-0.25, -0.2) is 9.97 Å². The molecule has 0 bridgehead atoms. The smallest absolute Gasteiger partial charge is 0.242 e. The van der Waals surface area contributed by atoms with Gasteiger partial charge in [-0.15, -0.1) is 5.10 Å². The number of hydrogen-bond acceptors (Lipinski definition) is 6. The van der Waals surface area contributed by atoms with E-state index in [1.165, 1.54) is 18.4 Å². The lowest BCUT2D eigenvalue weighted by Crippen LogP contribution is -2.38. The van der Waals surface area contributed by atoms with Gasteiger partial charge in [0, 0.05) is 25.2 Å². The van der Waals surface area contributed by atoms with E-state index in [1.54, 1.807) is 15.4 Å². The number of anilines is 1. The Balaban J connectivity index is 1.54. The highest BCUT2D eigenvalue weighted by atomic mass is 16.2. The highest BCUT2D eigenvalue weighted by Crippen LogP contribution is 2.43. The summed E-state index contributed by atoms with van der Waals surface area (Å²) in [7, 11) is 1.87. The fraction of sp³-hybridized carbons (Fsp3) is 0.409. The van der Waals surface area contributed by atoms with Gasteiger partial charge in [-0.3, -0.25) is 9.48 Å². The first-order valence-electron chi connectivity index (χ1n) is 10.9. The fourth-order valence-corrected chi connectivity index (χ4v) is 4.36. The molecular formula is C22H24N8O. The average molecular weight is 416 g/mol. The maximum absolute atomic E-state index is 12.6. The second kappa shape index (κ2) is 7.04. The number of rotatable bonds is 4. The van der Waals surface area contributed by atoms with Crippen molar-refractivity contribution < 1.29 is 4.79 Å². The van der Waals surface area contributed by atoms with Crippen LogP contribution in [0.5, 0.6) is 0 Å². The number of para-hydroxylation sites is 1. The molecule has 1 amide bonds. The normalized spacial score (nSPS) is 19.5. The summed E-state index contributed by atoms with van der Waals surface area (Å²) in [5.74, 6) is 1.71. The number of aromatic nitrogens is 6. The van der Waals surface area contributed by atoms with Crippen molar-refractivity contribution in [2.24, 2.45) is 7.05 Å². The molecule has 2 N–H and O–H groups in total. The Hall–Kier alpha value is -3.49. The number of hydrogen-bond donors (Lipinski definition) is 2. The Kier molecular flexibility index (Phi) is 4.15. The molecule has 158 valence electrons. The van der Waals surface area contributed by atoms with Gasteiger partial charge in [0.05, 0.1) is 17.3 Å². The molecular weight excluding hydrogens is 392 g/mol. The Morgan fingerprint density at radius 2 is 2.06 bits per heavy atom. The molecule has 1 atom stereocenters. The third kappa shape index (κ3) is 3.20. The lowest BCUT2D eigenvalue weighted by atomic mass is 10.1. The van der Waals surface area contributed by atoms with E-state index in [2.05, 4.69) is 27.9 Å². The molecule has 1 aliphatic heterocycles. The molecule has 0 unspecified atom stereocenters. The number of benzene rings is 1. The van der Waals surface area contributed by atoms with Crippen molar-refractivity contribution in [1.82, 2.24) is 34.7 Å². The largest absolute Gasteiger partial charge is 0.354 e. The number of carbonyl (C=O) groups is 1. The second-order valence-corrected chi connectivity index (χ2v) is 8.51. The minimum Gasteiger partial charge on any atom is -0.354 e. The number of nitrogens with one attached hydrogen (secondary N) is 2. The van der Waals surface area contributed by atoms with E-state index in [1.807, 2.05) is 19.3 Å². The maximum Gasteiger partial charge on any atom is 0.242 e. The van der Waals surface area contributed by atoms with Gasteiger partial charge in [-0.05, 0) is 49.7 Å². The summed E-state index contributed by atoms with van der Waals surface area (Å²) in [5, 5.41) is 16.3. The van der Waals surface area contributed by atoms with Crippen molar-refractivity contribution in [3.8, 4) is 11.4 Å². The summed E-state index contributed by atoms with van der Waals surface area (Å²) in [4.78, 5) is 22.4. The van der Waals surface area contributed by atoms with E-state index in [4.69, 9.17) is 15.1 Å². The number of aryl methyl sites for hydroxylation is 1. The van der Waals surface area contributed by atoms with Gasteiger partial charge in [-0.1, -0.05) is 12.1 Å². The first kappa shape index (κ1) is 18.3. The Bertz CT molecular complexity index is 1300. The van der Waals surface area contributed by atoms with Crippen molar-refractivity contribution in [3.05, 3.63) is 36.2 Å². The standard InChI is InChI=1S/C22H24N8O/c1-29-12-14(11-24-29)19-27-20-16-6-4-5-15(13-8-9-13)18(16)26-22(30(20)28-19)25-17-7-2-3-10-23-21(17)31/h4-6,11-13,17H,2-3,7-10H2,1H3,(H,23,31)(H,25,26)/t17-/m1/s1. The topological polar surface area (TPSA) is 102 Å². The van der Waals surface area contributed by atoms with Crippen LogP contribution in [0.2, 0.25) is 0 Å². The van der Waals surface area contributed by atoms with E-state index >= 15 is 0 Å². The average Bonchev–Trinajstić information content (AvgIpc) is 3.42. The fourth-order valence-electron chi connectivity index (χ4n) is 4.36. The molecule has 1 saturated heterocycles. The first-order chi connectivity index (χ1) is 15.2. The van der Waals surface area contributed by atoms with Crippen LogP contribution in [0.3, 0.4) is 0 Å². The lowest BCUT2D eigenvalue weighted by Gasteiger charge is -2.17. The van der Waals surface area contributed by atoms with Gasteiger partial charge in [0.2, 0.25) is 11.9 Å². The van der Waals surface area contributed by atoms with Crippen molar-refractivity contribution in [3.63, 3.8) is 0 Å². The van der Waals surface area contributed by atoms with Crippen LogP contribution in [0, 0.1) is 0 Å². The molecule has 1 aromatic carbocycles. The van der Waals surface area contributed by atoms with Crippen LogP contribution in [0.25, 0.3) is 27.9 Å². The summed E-state index contributed by atoms with van der Waals surface area (Å²) >= 11 is 0. The zero-order chi connectivity index (χ0) is 20.9. The molecule has 2 aliphatic rings. The highest BCUT2D eigenvalue weighted by Gasteiger charge is 2.28. The van der Waals surface area contributed by atoms with E-state index in [9.17, 15) is 4.79 Å². The molecule has 6 rings (SSSR count). The van der Waals surface area contributed by atoms with Crippen LogP contribution in [0.15, 0.2) is 30.6 Å². The molecule has 4 heterocycles. The molecule has 2 fully saturated rings. The van der Waals surface area contributed by atoms with Crippen LogP contribution in [0.1, 0.15) is 43.6 Å². The molecule has 1 saturated carbocycles. The molecule has 4 aromatic rings. The van der Waals surface area contributed by atoms with Crippen LogP contribution in [-0.4, -0.2) is 47.9 Å². The van der Waals surface area contributed by atoms with E-state index < -0.39 is 0 Å². The van der Waals surface area contributed by atoms with Gasteiger partial charge in [0.1, 0.15) is 6.04 Å². The summed E-state index contributed by atoms with van der Waals surface area (Å²) in [6.07, 6.45) is 8.77. The summed E-state index contributed by atoms with van der Waals surface area (Å²) in [5.41, 5.74) is 3.78. The summed E-state index contributed by atoms with van der Waals surface area (Å²) in [6.45, 7) is 0.720. The van der Waals surface area contributed by atoms with E-state index in [0.717, 1.165) is 47.9 Å². The Labute approximate surface area is 178 Å². The molecule has 9 nitrogen and oxygen atoms in total. The quantitative estimate of drug-likeness (QED) is 0.530. The maximum atomic E-state index is 12.6. The monoisotopic (exact) mass is 416 g/mol. The third-order valence-corrected chi connectivity index (χ3v) is 6.15.